The predicted molar refractivity (Wildman–Crippen MR) is 122 cm³/mol. The van der Waals surface area contributed by atoms with Crippen molar-refractivity contribution >= 4 is 5.91 Å². The molecule has 1 aromatic carbocycles. The molecule has 1 rings (SSSR count). The molecule has 0 aliphatic heterocycles. The normalized spacial score (nSPS) is 13.0. The Labute approximate surface area is 179 Å². The minimum absolute atomic E-state index is 0.0317. The van der Waals surface area contributed by atoms with Gasteiger partial charge in [-0.25, -0.2) is 0 Å². The van der Waals surface area contributed by atoms with Crippen molar-refractivity contribution in [3.63, 3.8) is 0 Å². The molecule has 0 N–H and O–H groups in total. The molecule has 0 radical (unpaired) electrons. The summed E-state index contributed by atoms with van der Waals surface area (Å²) in [7, 11) is 3.23. The Morgan fingerprint density at radius 2 is 1.31 bits per heavy atom. The van der Waals surface area contributed by atoms with Gasteiger partial charge in [-0.2, -0.15) is 0 Å². The molecule has 0 aliphatic rings. The maximum absolute atomic E-state index is 13.7. The molecule has 0 heterocycles. The summed E-state index contributed by atoms with van der Waals surface area (Å²) in [6.45, 7) is 10.5. The van der Waals surface area contributed by atoms with Crippen LogP contribution in [-0.2, 0) is 0 Å². The van der Waals surface area contributed by atoms with Crippen molar-refractivity contribution in [2.24, 2.45) is 11.8 Å². The van der Waals surface area contributed by atoms with Crippen LogP contribution >= 0.6 is 0 Å². The maximum Gasteiger partial charge on any atom is 0.261 e. The van der Waals surface area contributed by atoms with E-state index in [0.29, 0.717) is 28.9 Å². The number of nitrogens with zero attached hydrogens (tertiary/aromatic N) is 1. The molecule has 0 saturated heterocycles. The van der Waals surface area contributed by atoms with E-state index in [-0.39, 0.29) is 5.91 Å². The van der Waals surface area contributed by atoms with Crippen LogP contribution in [-0.4, -0.2) is 38.1 Å². The third-order valence-corrected chi connectivity index (χ3v) is 5.97. The van der Waals surface area contributed by atoms with Crippen LogP contribution in [0.5, 0.6) is 11.5 Å². The maximum atomic E-state index is 13.7. The van der Waals surface area contributed by atoms with Crippen molar-refractivity contribution in [1.29, 1.82) is 0 Å². The number of rotatable bonds is 15. The lowest BCUT2D eigenvalue weighted by Crippen LogP contribution is -2.39. The van der Waals surface area contributed by atoms with E-state index >= 15 is 0 Å². The first kappa shape index (κ1) is 25.3. The first-order valence-corrected chi connectivity index (χ1v) is 11.6. The number of unbranched alkanes of at least 4 members (excludes halogenated alkanes) is 2. The van der Waals surface area contributed by atoms with Gasteiger partial charge in [0.05, 0.1) is 14.2 Å². The molecule has 0 saturated carbocycles. The van der Waals surface area contributed by atoms with Crippen LogP contribution in [0.15, 0.2) is 18.2 Å². The van der Waals surface area contributed by atoms with E-state index in [4.69, 9.17) is 9.47 Å². The highest BCUT2D eigenvalue weighted by Gasteiger charge is 2.27. The standard InChI is InChI=1S/C25H43NO3/c1-7-11-14-20(9-3)18-26(19-21(10-4)15-12-8-2)25(27)24-22(28-5)16-13-17-23(24)29-6/h13,16-17,20-21H,7-12,14-15,18-19H2,1-6H3. The topological polar surface area (TPSA) is 38.8 Å². The molecule has 0 fully saturated rings. The number of carbonyl (C=O) groups is 1. The zero-order valence-corrected chi connectivity index (χ0v) is 19.6. The fraction of sp³-hybridized carbons (Fsp3) is 0.720. The Morgan fingerprint density at radius 1 is 0.862 bits per heavy atom. The van der Waals surface area contributed by atoms with Crippen LogP contribution < -0.4 is 9.47 Å². The van der Waals surface area contributed by atoms with Gasteiger partial charge in [0.15, 0.2) is 0 Å². The van der Waals surface area contributed by atoms with Gasteiger partial charge in [0.2, 0.25) is 0 Å². The molecule has 0 spiro atoms. The van der Waals surface area contributed by atoms with Crippen LogP contribution in [0.3, 0.4) is 0 Å². The molecule has 166 valence electrons. The van der Waals surface area contributed by atoms with Gasteiger partial charge in [-0.05, 0) is 36.8 Å². The van der Waals surface area contributed by atoms with Crippen molar-refractivity contribution in [3.05, 3.63) is 23.8 Å². The summed E-state index contributed by atoms with van der Waals surface area (Å²) in [5.41, 5.74) is 0.549. The molecular formula is C25H43NO3. The van der Waals surface area contributed by atoms with Gasteiger partial charge in [0.1, 0.15) is 17.1 Å². The van der Waals surface area contributed by atoms with Gasteiger partial charge >= 0.3 is 0 Å². The van der Waals surface area contributed by atoms with Crippen LogP contribution in [0.25, 0.3) is 0 Å². The lowest BCUT2D eigenvalue weighted by Gasteiger charge is -2.31. The molecule has 1 amide bonds. The average molecular weight is 406 g/mol. The summed E-state index contributed by atoms with van der Waals surface area (Å²) in [4.78, 5) is 15.8. The Hall–Kier alpha value is -1.71. The number of carbonyl (C=O) groups excluding carboxylic acids is 1. The Bertz CT molecular complexity index is 547. The van der Waals surface area contributed by atoms with Gasteiger partial charge in [0, 0.05) is 13.1 Å². The van der Waals surface area contributed by atoms with Crippen LogP contribution in [0.2, 0.25) is 0 Å². The van der Waals surface area contributed by atoms with E-state index in [9.17, 15) is 4.79 Å². The number of benzene rings is 1. The van der Waals surface area contributed by atoms with E-state index in [0.717, 1.165) is 25.9 Å². The van der Waals surface area contributed by atoms with Gasteiger partial charge in [-0.15, -0.1) is 0 Å². The molecule has 0 aromatic heterocycles. The monoisotopic (exact) mass is 405 g/mol. The lowest BCUT2D eigenvalue weighted by molar-refractivity contribution is 0.0678. The molecule has 4 nitrogen and oxygen atoms in total. The quantitative estimate of drug-likeness (QED) is 0.331. The van der Waals surface area contributed by atoms with E-state index < -0.39 is 0 Å². The highest BCUT2D eigenvalue weighted by molar-refractivity contribution is 5.99. The van der Waals surface area contributed by atoms with Crippen molar-refractivity contribution in [1.82, 2.24) is 4.90 Å². The smallest absolute Gasteiger partial charge is 0.261 e. The van der Waals surface area contributed by atoms with E-state index in [1.165, 1.54) is 38.5 Å². The van der Waals surface area contributed by atoms with E-state index in [1.807, 2.05) is 18.2 Å². The van der Waals surface area contributed by atoms with Crippen molar-refractivity contribution in [2.75, 3.05) is 27.3 Å². The molecule has 29 heavy (non-hydrogen) atoms. The second kappa shape index (κ2) is 14.3. The third-order valence-electron chi connectivity index (χ3n) is 5.97. The Kier molecular flexibility index (Phi) is 12.5. The number of amides is 1. The molecule has 1 aromatic rings. The first-order chi connectivity index (χ1) is 14.1. The summed E-state index contributed by atoms with van der Waals surface area (Å²) in [5.74, 6) is 2.26. The van der Waals surface area contributed by atoms with Crippen molar-refractivity contribution < 1.29 is 14.3 Å². The fourth-order valence-electron chi connectivity index (χ4n) is 3.92. The van der Waals surface area contributed by atoms with Crippen LogP contribution in [0, 0.1) is 11.8 Å². The van der Waals surface area contributed by atoms with E-state index in [2.05, 4.69) is 32.6 Å². The molecule has 0 bridgehead atoms. The predicted octanol–water partition coefficient (Wildman–Crippen LogP) is 6.58. The van der Waals surface area contributed by atoms with Crippen molar-refractivity contribution in [2.45, 2.75) is 79.1 Å². The zero-order chi connectivity index (χ0) is 21.6. The number of methoxy groups -OCH3 is 2. The molecule has 2 unspecified atom stereocenters. The van der Waals surface area contributed by atoms with Gasteiger partial charge in [0.25, 0.3) is 5.91 Å². The fourth-order valence-corrected chi connectivity index (χ4v) is 3.92. The zero-order valence-electron chi connectivity index (χ0n) is 19.6. The van der Waals surface area contributed by atoms with Crippen molar-refractivity contribution in [3.8, 4) is 11.5 Å². The Balaban J connectivity index is 3.19. The van der Waals surface area contributed by atoms with Gasteiger partial charge in [-0.3, -0.25) is 4.79 Å². The summed E-state index contributed by atoms with van der Waals surface area (Å²) < 4.78 is 11.0. The van der Waals surface area contributed by atoms with E-state index in [1.54, 1.807) is 14.2 Å². The highest BCUT2D eigenvalue weighted by atomic mass is 16.5. The summed E-state index contributed by atoms with van der Waals surface area (Å²) in [6.07, 6.45) is 9.35. The van der Waals surface area contributed by atoms with Gasteiger partial charge in [-0.1, -0.05) is 72.3 Å². The average Bonchev–Trinajstić information content (AvgIpc) is 2.76. The highest BCUT2D eigenvalue weighted by Crippen LogP contribution is 2.31. The Morgan fingerprint density at radius 3 is 1.66 bits per heavy atom. The lowest BCUT2D eigenvalue weighted by atomic mass is 9.95. The number of hydrogen-bond acceptors (Lipinski definition) is 3. The minimum Gasteiger partial charge on any atom is -0.496 e. The molecule has 2 atom stereocenters. The molecular weight excluding hydrogens is 362 g/mol. The van der Waals surface area contributed by atoms with Crippen LogP contribution in [0.4, 0.5) is 0 Å². The summed E-state index contributed by atoms with van der Waals surface area (Å²) in [5, 5.41) is 0. The van der Waals surface area contributed by atoms with Crippen LogP contribution in [0.1, 0.15) is 89.4 Å². The number of hydrogen-bond donors (Lipinski definition) is 0. The van der Waals surface area contributed by atoms with Gasteiger partial charge < -0.3 is 14.4 Å². The molecule has 0 aliphatic carbocycles. The second-order valence-electron chi connectivity index (χ2n) is 8.08. The number of ether oxygens (including phenoxy) is 2. The summed E-state index contributed by atoms with van der Waals surface area (Å²) >= 11 is 0. The third kappa shape index (κ3) is 7.91. The SMILES string of the molecule is CCCCC(CC)CN(CC(CC)CCCC)C(=O)c1c(OC)cccc1OC. The minimum atomic E-state index is 0.0317. The largest absolute Gasteiger partial charge is 0.496 e. The molecule has 4 heteroatoms. The first-order valence-electron chi connectivity index (χ1n) is 11.6. The summed E-state index contributed by atoms with van der Waals surface area (Å²) in [6, 6.07) is 5.55. The second-order valence-corrected chi connectivity index (χ2v) is 8.08.